The first-order valence-electron chi connectivity index (χ1n) is 8.30. The number of sulfone groups is 1. The Morgan fingerprint density at radius 3 is 2.17 bits per heavy atom. The van der Waals surface area contributed by atoms with Crippen molar-refractivity contribution < 1.29 is 26.7 Å². The molecule has 0 aliphatic carbocycles. The largest absolute Gasteiger partial charge is 0.421 e. The highest BCUT2D eigenvalue weighted by Gasteiger charge is 2.51. The Balaban J connectivity index is 1.95. The molecule has 2 aromatic carbocycles. The summed E-state index contributed by atoms with van der Waals surface area (Å²) in [4.78, 5) is 3.95. The highest BCUT2D eigenvalue weighted by molar-refractivity contribution is 7.91. The zero-order chi connectivity index (χ0) is 21.4. The van der Waals surface area contributed by atoms with Crippen LogP contribution in [0.3, 0.4) is 0 Å². The topological polar surface area (TPSA) is 67.3 Å². The Morgan fingerprint density at radius 1 is 1.00 bits per heavy atom. The van der Waals surface area contributed by atoms with Crippen molar-refractivity contribution in [2.45, 2.75) is 28.5 Å². The maximum atomic E-state index is 12.9. The normalized spacial score (nSPS) is 14.4. The van der Waals surface area contributed by atoms with Gasteiger partial charge in [0, 0.05) is 17.3 Å². The molecule has 0 aliphatic rings. The number of nitrogens with zero attached hydrogens (tertiary/aromatic N) is 1. The first-order chi connectivity index (χ1) is 13.4. The molecule has 1 aromatic heterocycles. The van der Waals surface area contributed by atoms with E-state index in [2.05, 4.69) is 4.98 Å². The predicted octanol–water partition coefficient (Wildman–Crippen LogP) is 5.00. The first kappa shape index (κ1) is 21.3. The van der Waals surface area contributed by atoms with E-state index in [-0.39, 0.29) is 20.5 Å². The van der Waals surface area contributed by atoms with Gasteiger partial charge >= 0.3 is 6.18 Å². The minimum atomic E-state index is -4.85. The summed E-state index contributed by atoms with van der Waals surface area (Å²) in [7, 11) is -3.82. The lowest BCUT2D eigenvalue weighted by Crippen LogP contribution is -2.39. The fourth-order valence-electron chi connectivity index (χ4n) is 2.62. The molecule has 3 rings (SSSR count). The SMILES string of the molecule is C[C@@](O)(c1ccc(-c2ccc(S(=O)(=O)c3ccccc3)c(Cl)c2)nc1)C(F)(F)F. The second-order valence-electron chi connectivity index (χ2n) is 6.46. The van der Waals surface area contributed by atoms with E-state index in [0.717, 1.165) is 12.3 Å². The Labute approximate surface area is 170 Å². The van der Waals surface area contributed by atoms with E-state index in [9.17, 15) is 26.7 Å². The fourth-order valence-corrected chi connectivity index (χ4v) is 4.44. The van der Waals surface area contributed by atoms with Gasteiger partial charge in [-0.25, -0.2) is 8.42 Å². The van der Waals surface area contributed by atoms with Crippen LogP contribution < -0.4 is 0 Å². The molecule has 1 atom stereocenters. The van der Waals surface area contributed by atoms with E-state index >= 15 is 0 Å². The van der Waals surface area contributed by atoms with Crippen LogP contribution in [0.4, 0.5) is 13.2 Å². The average Bonchev–Trinajstić information content (AvgIpc) is 2.67. The molecule has 152 valence electrons. The fraction of sp³-hybridized carbons (Fsp3) is 0.150. The van der Waals surface area contributed by atoms with Crippen molar-refractivity contribution in [1.82, 2.24) is 4.98 Å². The second kappa shape index (κ2) is 7.44. The van der Waals surface area contributed by atoms with Crippen LogP contribution in [0.5, 0.6) is 0 Å². The summed E-state index contributed by atoms with van der Waals surface area (Å²) in [5.41, 5.74) is -2.76. The van der Waals surface area contributed by atoms with Gasteiger partial charge in [-0.05, 0) is 37.3 Å². The van der Waals surface area contributed by atoms with Crippen molar-refractivity contribution in [3.63, 3.8) is 0 Å². The van der Waals surface area contributed by atoms with Crippen LogP contribution in [0.15, 0.2) is 76.7 Å². The third-order valence-electron chi connectivity index (χ3n) is 4.45. The van der Waals surface area contributed by atoms with E-state index in [1.54, 1.807) is 18.2 Å². The van der Waals surface area contributed by atoms with Crippen LogP contribution in [-0.4, -0.2) is 24.7 Å². The Morgan fingerprint density at radius 2 is 1.66 bits per heavy atom. The van der Waals surface area contributed by atoms with Crippen molar-refractivity contribution >= 4 is 21.4 Å². The third-order valence-corrected chi connectivity index (χ3v) is 6.70. The van der Waals surface area contributed by atoms with Crippen LogP contribution >= 0.6 is 11.6 Å². The molecule has 0 amide bonds. The lowest BCUT2D eigenvalue weighted by molar-refractivity contribution is -0.259. The molecule has 0 spiro atoms. The minimum Gasteiger partial charge on any atom is -0.376 e. The van der Waals surface area contributed by atoms with Gasteiger partial charge in [0.1, 0.15) is 0 Å². The molecule has 0 bridgehead atoms. The summed E-state index contributed by atoms with van der Waals surface area (Å²) in [6.07, 6.45) is -3.93. The van der Waals surface area contributed by atoms with E-state index < -0.39 is 27.2 Å². The molecule has 3 aromatic rings. The molecule has 0 saturated heterocycles. The Kier molecular flexibility index (Phi) is 5.46. The quantitative estimate of drug-likeness (QED) is 0.618. The highest BCUT2D eigenvalue weighted by Crippen LogP contribution is 2.38. The van der Waals surface area contributed by atoms with Crippen LogP contribution in [0.1, 0.15) is 12.5 Å². The summed E-state index contributed by atoms with van der Waals surface area (Å²) in [6.45, 7) is 0.643. The number of alkyl halides is 3. The van der Waals surface area contributed by atoms with Crippen molar-refractivity contribution in [1.29, 1.82) is 0 Å². The number of aromatic nitrogens is 1. The van der Waals surface area contributed by atoms with Crippen LogP contribution in [-0.2, 0) is 15.4 Å². The standard InChI is InChI=1S/C20H15ClF3NO3S/c1-19(26,20(22,23)24)14-8-9-17(25-12-14)13-7-10-18(16(21)11-13)29(27,28)15-5-3-2-4-6-15/h2-12,26H,1H3/t19-/m1/s1. The lowest BCUT2D eigenvalue weighted by atomic mass is 9.96. The Bertz CT molecular complexity index is 1130. The monoisotopic (exact) mass is 441 g/mol. The van der Waals surface area contributed by atoms with Crippen molar-refractivity contribution in [3.05, 3.63) is 77.4 Å². The lowest BCUT2D eigenvalue weighted by Gasteiger charge is -2.26. The second-order valence-corrected chi connectivity index (χ2v) is 8.79. The van der Waals surface area contributed by atoms with Gasteiger partial charge in [0.15, 0.2) is 5.60 Å². The van der Waals surface area contributed by atoms with Crippen molar-refractivity contribution in [2.75, 3.05) is 0 Å². The highest BCUT2D eigenvalue weighted by atomic mass is 35.5. The molecule has 9 heteroatoms. The summed E-state index contributed by atoms with van der Waals surface area (Å²) < 4.78 is 64.3. The van der Waals surface area contributed by atoms with Gasteiger partial charge < -0.3 is 5.11 Å². The van der Waals surface area contributed by atoms with E-state index in [1.165, 1.54) is 36.4 Å². The molecule has 0 aliphatic heterocycles. The molecule has 0 fully saturated rings. The molecule has 0 radical (unpaired) electrons. The molecular formula is C20H15ClF3NO3S. The maximum absolute atomic E-state index is 12.9. The zero-order valence-electron chi connectivity index (χ0n) is 15.0. The number of aliphatic hydroxyl groups is 1. The van der Waals surface area contributed by atoms with Gasteiger partial charge in [-0.2, -0.15) is 13.2 Å². The molecule has 4 nitrogen and oxygen atoms in total. The zero-order valence-corrected chi connectivity index (χ0v) is 16.6. The molecule has 0 unspecified atom stereocenters. The van der Waals surface area contributed by atoms with Crippen molar-refractivity contribution in [3.8, 4) is 11.3 Å². The molecule has 1 heterocycles. The Hall–Kier alpha value is -2.42. The molecular weight excluding hydrogens is 427 g/mol. The number of hydrogen-bond acceptors (Lipinski definition) is 4. The van der Waals surface area contributed by atoms with E-state index in [0.29, 0.717) is 12.5 Å². The van der Waals surface area contributed by atoms with Crippen LogP contribution in [0.2, 0.25) is 5.02 Å². The van der Waals surface area contributed by atoms with E-state index in [4.69, 9.17) is 11.6 Å². The van der Waals surface area contributed by atoms with Gasteiger partial charge in [0.25, 0.3) is 0 Å². The summed E-state index contributed by atoms with van der Waals surface area (Å²) >= 11 is 6.18. The maximum Gasteiger partial charge on any atom is 0.421 e. The predicted molar refractivity (Wildman–Crippen MR) is 102 cm³/mol. The van der Waals surface area contributed by atoms with Gasteiger partial charge in [-0.15, -0.1) is 0 Å². The number of pyridine rings is 1. The number of halogens is 4. The summed E-state index contributed by atoms with van der Waals surface area (Å²) in [5.74, 6) is 0. The van der Waals surface area contributed by atoms with Crippen LogP contribution in [0, 0.1) is 0 Å². The smallest absolute Gasteiger partial charge is 0.376 e. The summed E-state index contributed by atoms with van der Waals surface area (Å²) in [5, 5.41) is 9.67. The van der Waals surface area contributed by atoms with E-state index in [1.807, 2.05) is 0 Å². The van der Waals surface area contributed by atoms with Gasteiger partial charge in [-0.1, -0.05) is 41.9 Å². The summed E-state index contributed by atoms with van der Waals surface area (Å²) in [6, 6.07) is 14.3. The van der Waals surface area contributed by atoms with Crippen LogP contribution in [0.25, 0.3) is 11.3 Å². The number of rotatable bonds is 4. The number of hydrogen-bond donors (Lipinski definition) is 1. The average molecular weight is 442 g/mol. The molecule has 0 saturated carbocycles. The van der Waals surface area contributed by atoms with Crippen molar-refractivity contribution in [2.24, 2.45) is 0 Å². The van der Waals surface area contributed by atoms with Gasteiger partial charge in [0.2, 0.25) is 9.84 Å². The van der Waals surface area contributed by atoms with Gasteiger partial charge in [0.05, 0.1) is 20.5 Å². The third kappa shape index (κ3) is 4.01. The number of benzene rings is 2. The molecule has 29 heavy (non-hydrogen) atoms. The molecule has 1 N–H and O–H groups in total. The minimum absolute atomic E-state index is 0.0421. The first-order valence-corrected chi connectivity index (χ1v) is 10.2. The van der Waals surface area contributed by atoms with Gasteiger partial charge in [-0.3, -0.25) is 4.98 Å².